The van der Waals surface area contributed by atoms with Gasteiger partial charge < -0.3 is 19.6 Å². The second-order valence-corrected chi connectivity index (χ2v) is 21.7. The summed E-state index contributed by atoms with van der Waals surface area (Å²) in [5.74, 6) is 0.198. The van der Waals surface area contributed by atoms with Gasteiger partial charge in [-0.05, 0) is 223 Å². The number of aryl methyl sites for hydroxylation is 4. The van der Waals surface area contributed by atoms with Crippen molar-refractivity contribution in [2.45, 2.75) is 60.4 Å². The summed E-state index contributed by atoms with van der Waals surface area (Å²) in [6.07, 6.45) is 7.89. The third kappa shape index (κ3) is 13.2. The number of para-hydroxylation sites is 2. The molecule has 1 atom stereocenters. The molecule has 11 aromatic rings. The molecule has 0 saturated carbocycles. The second kappa shape index (κ2) is 25.7. The quantitative estimate of drug-likeness (QED) is 0.0748. The summed E-state index contributed by atoms with van der Waals surface area (Å²) in [4.78, 5) is 9.46. The lowest BCUT2D eigenvalue weighted by molar-refractivity contribution is 0.951. The predicted molar refractivity (Wildman–Crippen MR) is 355 cm³/mol. The molecule has 0 aliphatic carbocycles. The van der Waals surface area contributed by atoms with Crippen LogP contribution in [0.2, 0.25) is 0 Å². The van der Waals surface area contributed by atoms with Crippen molar-refractivity contribution in [2.24, 2.45) is 0 Å². The Morgan fingerprint density at radius 3 is 1.11 bits per heavy atom. The monoisotopic (exact) mass is 1080 g/mol. The molecule has 0 N–H and O–H groups in total. The molecule has 4 heteroatoms. The normalized spacial score (nSPS) is 11.8. The van der Waals surface area contributed by atoms with E-state index in [9.17, 15) is 0 Å². The molecular formula is C79H72N4. The molecule has 0 bridgehead atoms. The molecule has 83 heavy (non-hydrogen) atoms. The molecule has 0 radical (unpaired) electrons. The van der Waals surface area contributed by atoms with Crippen LogP contribution < -0.4 is 19.6 Å². The maximum atomic E-state index is 2.41. The van der Waals surface area contributed by atoms with Gasteiger partial charge in [0.15, 0.2) is 0 Å². The van der Waals surface area contributed by atoms with Gasteiger partial charge in [-0.1, -0.05) is 184 Å². The Balaban J connectivity index is 0.789. The van der Waals surface area contributed by atoms with Gasteiger partial charge in [-0.25, -0.2) is 0 Å². The summed E-state index contributed by atoms with van der Waals surface area (Å²) in [6.45, 7) is 13.8. The Bertz CT molecular complexity index is 3870. The molecule has 0 aliphatic heterocycles. The molecular weight excluding hydrogens is 1000 g/mol. The Morgan fingerprint density at radius 2 is 0.687 bits per heavy atom. The van der Waals surface area contributed by atoms with Crippen molar-refractivity contribution in [3.05, 3.63) is 336 Å². The fraction of sp³-hybridized carbons (Fsp3) is 0.114. The van der Waals surface area contributed by atoms with E-state index in [4.69, 9.17) is 0 Å². The van der Waals surface area contributed by atoms with Crippen molar-refractivity contribution >= 4 is 56.9 Å². The first-order valence-corrected chi connectivity index (χ1v) is 29.1. The molecule has 0 saturated heterocycles. The van der Waals surface area contributed by atoms with Crippen molar-refractivity contribution in [1.29, 1.82) is 0 Å². The van der Waals surface area contributed by atoms with E-state index in [2.05, 4.69) is 358 Å². The van der Waals surface area contributed by atoms with Crippen LogP contribution in [0.25, 0.3) is 22.3 Å². The molecule has 11 rings (SSSR count). The lowest BCUT2D eigenvalue weighted by atomic mass is 9.99. The maximum Gasteiger partial charge on any atom is 0.0481 e. The minimum absolute atomic E-state index is 0.198. The number of hydrogen-bond acceptors (Lipinski definition) is 4. The van der Waals surface area contributed by atoms with Gasteiger partial charge in [0, 0.05) is 69.1 Å². The van der Waals surface area contributed by atoms with Crippen LogP contribution in [0.4, 0.5) is 56.9 Å². The standard InChI is InChI=1S/C79H72N4/c1-7-18-71(82(76-27-14-19-58(2)53-76)77-28-15-20-59(3)54-77)44-31-62(6)64-36-45-70(46-37-64)80(69-23-10-8-11-24-69)57-63-32-34-65(35-33-63)66-38-47-73(48-39-66)81(72-25-12-9-13-26-72)74-49-40-67(41-50-74)68-42-51-75(52-43-68)83(78-29-16-21-60(4)55-78)79-30-17-22-61(5)56-79/h8-56,62H,7,57H2,1-6H3/b44-31-,71-18+. The van der Waals surface area contributed by atoms with Gasteiger partial charge in [0.1, 0.15) is 0 Å². The molecule has 408 valence electrons. The zero-order valence-corrected chi connectivity index (χ0v) is 48.6. The van der Waals surface area contributed by atoms with Crippen molar-refractivity contribution in [1.82, 2.24) is 0 Å². The summed E-state index contributed by atoms with van der Waals surface area (Å²) >= 11 is 0. The maximum absolute atomic E-state index is 2.41. The molecule has 0 fully saturated rings. The number of hydrogen-bond donors (Lipinski definition) is 0. The van der Waals surface area contributed by atoms with Crippen molar-refractivity contribution in [2.75, 3.05) is 19.6 Å². The molecule has 0 spiro atoms. The van der Waals surface area contributed by atoms with Crippen molar-refractivity contribution in [3.63, 3.8) is 0 Å². The smallest absolute Gasteiger partial charge is 0.0481 e. The van der Waals surface area contributed by atoms with Gasteiger partial charge in [-0.2, -0.15) is 0 Å². The van der Waals surface area contributed by atoms with Crippen molar-refractivity contribution in [3.8, 4) is 22.3 Å². The average Bonchev–Trinajstić information content (AvgIpc) is 3.59. The van der Waals surface area contributed by atoms with Gasteiger partial charge >= 0.3 is 0 Å². The van der Waals surface area contributed by atoms with Crippen LogP contribution in [-0.2, 0) is 6.54 Å². The van der Waals surface area contributed by atoms with Crippen LogP contribution in [0.3, 0.4) is 0 Å². The van der Waals surface area contributed by atoms with Crippen LogP contribution in [0.1, 0.15) is 59.6 Å². The van der Waals surface area contributed by atoms with Crippen molar-refractivity contribution < 1.29 is 0 Å². The van der Waals surface area contributed by atoms with Crippen LogP contribution in [0.15, 0.2) is 303 Å². The number of allylic oxidation sites excluding steroid dienone is 3. The van der Waals surface area contributed by atoms with E-state index >= 15 is 0 Å². The predicted octanol–water partition coefficient (Wildman–Crippen LogP) is 22.3. The first-order valence-electron chi connectivity index (χ1n) is 29.1. The lowest BCUT2D eigenvalue weighted by Gasteiger charge is -2.27. The number of nitrogens with zero attached hydrogens (tertiary/aromatic N) is 4. The lowest BCUT2D eigenvalue weighted by Crippen LogP contribution is -2.16. The molecule has 11 aromatic carbocycles. The van der Waals surface area contributed by atoms with Crippen LogP contribution >= 0.6 is 0 Å². The minimum Gasteiger partial charge on any atom is -0.337 e. The molecule has 4 nitrogen and oxygen atoms in total. The van der Waals surface area contributed by atoms with Gasteiger partial charge in [-0.15, -0.1) is 0 Å². The Kier molecular flexibility index (Phi) is 17.0. The average molecular weight is 1080 g/mol. The van der Waals surface area contributed by atoms with Crippen LogP contribution in [0.5, 0.6) is 0 Å². The number of benzene rings is 11. The first-order chi connectivity index (χ1) is 40.6. The highest BCUT2D eigenvalue weighted by atomic mass is 15.2. The third-order valence-electron chi connectivity index (χ3n) is 15.4. The third-order valence-corrected chi connectivity index (χ3v) is 15.4. The first kappa shape index (κ1) is 55.0. The fourth-order valence-corrected chi connectivity index (χ4v) is 11.1. The summed E-state index contributed by atoms with van der Waals surface area (Å²) in [6, 6.07) is 101. The molecule has 0 amide bonds. The second-order valence-electron chi connectivity index (χ2n) is 21.7. The van der Waals surface area contributed by atoms with E-state index in [1.165, 1.54) is 55.6 Å². The van der Waals surface area contributed by atoms with E-state index in [1.807, 2.05) is 0 Å². The largest absolute Gasteiger partial charge is 0.337 e. The van der Waals surface area contributed by atoms with E-state index < -0.39 is 0 Å². The van der Waals surface area contributed by atoms with Gasteiger partial charge in [0.25, 0.3) is 0 Å². The Labute approximate surface area is 492 Å². The minimum atomic E-state index is 0.198. The van der Waals surface area contributed by atoms with Crippen LogP contribution in [0, 0.1) is 27.7 Å². The topological polar surface area (TPSA) is 13.0 Å². The van der Waals surface area contributed by atoms with Gasteiger partial charge in [0.2, 0.25) is 0 Å². The molecule has 1 unspecified atom stereocenters. The van der Waals surface area contributed by atoms with E-state index in [1.54, 1.807) is 0 Å². The fourth-order valence-electron chi connectivity index (χ4n) is 11.1. The number of anilines is 10. The zero-order valence-electron chi connectivity index (χ0n) is 48.6. The Hall–Kier alpha value is -9.90. The highest BCUT2D eigenvalue weighted by Gasteiger charge is 2.18. The molecule has 0 aliphatic rings. The van der Waals surface area contributed by atoms with Gasteiger partial charge in [0.05, 0.1) is 0 Å². The number of rotatable bonds is 19. The Morgan fingerprint density at radius 1 is 0.349 bits per heavy atom. The molecule has 0 aromatic heterocycles. The van der Waals surface area contributed by atoms with E-state index in [0.29, 0.717) is 0 Å². The summed E-state index contributed by atoms with van der Waals surface area (Å²) in [5.41, 5.74) is 24.6. The van der Waals surface area contributed by atoms with Gasteiger partial charge in [-0.3, -0.25) is 0 Å². The highest BCUT2D eigenvalue weighted by Crippen LogP contribution is 2.40. The summed E-state index contributed by atoms with van der Waals surface area (Å²) < 4.78 is 0. The SMILES string of the molecule is CC/C=C(\C=C/C(C)c1ccc(N(Cc2ccc(-c3ccc(N(c4ccccc4)c4ccc(-c5ccc(N(c6cccc(C)c6)c6cccc(C)c6)cc5)cc4)cc3)cc2)c2ccccc2)cc1)N(c1cccc(C)c1)c1cccc(C)c1. The zero-order chi connectivity index (χ0) is 57.1. The van der Waals surface area contributed by atoms with Crippen LogP contribution in [-0.4, -0.2) is 0 Å². The summed E-state index contributed by atoms with van der Waals surface area (Å²) in [7, 11) is 0. The summed E-state index contributed by atoms with van der Waals surface area (Å²) in [5, 5.41) is 0. The molecule has 0 heterocycles. The van der Waals surface area contributed by atoms with E-state index in [-0.39, 0.29) is 5.92 Å². The highest BCUT2D eigenvalue weighted by molar-refractivity contribution is 5.82. The van der Waals surface area contributed by atoms with E-state index in [0.717, 1.165) is 75.5 Å².